The first-order valence-electron chi connectivity index (χ1n) is 4.05. The Bertz CT molecular complexity index is 368. The third kappa shape index (κ3) is 3.64. The van der Waals surface area contributed by atoms with Gasteiger partial charge >= 0.3 is 0 Å². The van der Waals surface area contributed by atoms with E-state index in [1.807, 2.05) is 0 Å². The monoisotopic (exact) mass is 489 g/mol. The van der Waals surface area contributed by atoms with E-state index in [0.29, 0.717) is 0 Å². The minimum absolute atomic E-state index is 0. The number of hydrogen-bond acceptors (Lipinski definition) is 0. The van der Waals surface area contributed by atoms with E-state index in [0.717, 1.165) is 6.42 Å². The van der Waals surface area contributed by atoms with Gasteiger partial charge in [-0.05, 0) is 0 Å². The fourth-order valence-corrected chi connectivity index (χ4v) is 1.52. The second-order valence-electron chi connectivity index (χ2n) is 2.80. The zero-order chi connectivity index (χ0) is 7.68. The van der Waals surface area contributed by atoms with Gasteiger partial charge in [-0.1, -0.05) is 19.4 Å². The first-order chi connectivity index (χ1) is 5.42. The molecule has 0 radical (unpaired) electrons. The standard InChI is InChI=1S/C11H11.2HI.Zr/c1-2-9-7-8-10-5-3-4-6-11(9)10;;;/h3-8H,2H2,1H3;2*1H;/q-1;;;. The molecule has 0 atom stereocenters. The Labute approximate surface area is 138 Å². The van der Waals surface area contributed by atoms with Crippen LogP contribution in [0.2, 0.25) is 0 Å². The Kier molecular flexibility index (Phi) is 10.5. The molecule has 14 heavy (non-hydrogen) atoms. The van der Waals surface area contributed by atoms with Crippen LogP contribution in [-0.4, -0.2) is 0 Å². The molecule has 0 heterocycles. The van der Waals surface area contributed by atoms with Crippen molar-refractivity contribution in [1.29, 1.82) is 0 Å². The van der Waals surface area contributed by atoms with Crippen LogP contribution in [0.4, 0.5) is 0 Å². The fourth-order valence-electron chi connectivity index (χ4n) is 1.52. The molecule has 0 bridgehead atoms. The summed E-state index contributed by atoms with van der Waals surface area (Å²) in [6.07, 6.45) is 1.13. The van der Waals surface area contributed by atoms with Crippen molar-refractivity contribution in [3.63, 3.8) is 0 Å². The van der Waals surface area contributed by atoms with E-state index in [4.69, 9.17) is 0 Å². The fraction of sp³-hybridized carbons (Fsp3) is 0.182. The van der Waals surface area contributed by atoms with Crippen LogP contribution in [0.5, 0.6) is 0 Å². The Balaban J connectivity index is 0. The van der Waals surface area contributed by atoms with Crippen LogP contribution in [0.1, 0.15) is 12.5 Å². The van der Waals surface area contributed by atoms with Crippen molar-refractivity contribution in [2.24, 2.45) is 0 Å². The quantitative estimate of drug-likeness (QED) is 0.412. The van der Waals surface area contributed by atoms with E-state index in [1.54, 1.807) is 0 Å². The molecule has 0 N–H and O–H groups in total. The first-order valence-corrected chi connectivity index (χ1v) is 4.05. The summed E-state index contributed by atoms with van der Waals surface area (Å²) in [7, 11) is 0. The van der Waals surface area contributed by atoms with Gasteiger partial charge in [0.05, 0.1) is 0 Å². The molecule has 2 aromatic carbocycles. The van der Waals surface area contributed by atoms with Crippen molar-refractivity contribution in [3.8, 4) is 0 Å². The summed E-state index contributed by atoms with van der Waals surface area (Å²) < 4.78 is 0. The average molecular weight is 490 g/mol. The summed E-state index contributed by atoms with van der Waals surface area (Å²) in [5.41, 5.74) is 1.46. The van der Waals surface area contributed by atoms with Gasteiger partial charge in [0.25, 0.3) is 0 Å². The molecule has 0 nitrogen and oxygen atoms in total. The van der Waals surface area contributed by atoms with Crippen LogP contribution in [-0.2, 0) is 32.6 Å². The van der Waals surface area contributed by atoms with Crippen LogP contribution >= 0.6 is 48.0 Å². The summed E-state index contributed by atoms with van der Waals surface area (Å²) >= 11 is 0. The maximum atomic E-state index is 2.21. The largest absolute Gasteiger partial charge is 0.168 e. The molecule has 0 unspecified atom stereocenters. The van der Waals surface area contributed by atoms with E-state index in [1.165, 1.54) is 16.3 Å². The third-order valence-electron chi connectivity index (χ3n) is 2.15. The molecule has 0 aliphatic rings. The predicted molar refractivity (Wildman–Crippen MR) is 79.7 cm³/mol. The van der Waals surface area contributed by atoms with E-state index in [-0.39, 0.29) is 74.2 Å². The van der Waals surface area contributed by atoms with Crippen LogP contribution in [0, 0.1) is 0 Å². The molecule has 0 saturated carbocycles. The maximum absolute atomic E-state index is 2.21. The van der Waals surface area contributed by atoms with E-state index >= 15 is 0 Å². The molecule has 2 rings (SSSR count). The van der Waals surface area contributed by atoms with Crippen molar-refractivity contribution in [2.45, 2.75) is 13.3 Å². The molecule has 0 saturated heterocycles. The normalized spacial score (nSPS) is 8.36. The molecular weight excluding hydrogens is 477 g/mol. The summed E-state index contributed by atoms with van der Waals surface area (Å²) in [6.45, 7) is 2.20. The molecule has 0 aromatic heterocycles. The second-order valence-corrected chi connectivity index (χ2v) is 2.80. The van der Waals surface area contributed by atoms with Gasteiger partial charge in [-0.15, -0.1) is 88.6 Å². The number of hydrogen-bond donors (Lipinski definition) is 0. The number of rotatable bonds is 1. The van der Waals surface area contributed by atoms with Gasteiger partial charge in [0.15, 0.2) is 0 Å². The number of fused-ring (bicyclic) bond motifs is 1. The van der Waals surface area contributed by atoms with Crippen LogP contribution in [0.15, 0.2) is 36.4 Å². The molecule has 0 fully saturated rings. The Hall–Kier alpha value is 1.17. The van der Waals surface area contributed by atoms with Crippen LogP contribution in [0.25, 0.3) is 10.8 Å². The van der Waals surface area contributed by atoms with Crippen molar-refractivity contribution in [2.75, 3.05) is 0 Å². The van der Waals surface area contributed by atoms with Gasteiger partial charge in [-0.25, -0.2) is 0 Å². The first kappa shape index (κ1) is 17.6. The molecule has 0 spiro atoms. The van der Waals surface area contributed by atoms with E-state index in [9.17, 15) is 0 Å². The Morgan fingerprint density at radius 2 is 1.71 bits per heavy atom. The van der Waals surface area contributed by atoms with Gasteiger partial charge in [0.1, 0.15) is 0 Å². The van der Waals surface area contributed by atoms with E-state index < -0.39 is 0 Å². The summed E-state index contributed by atoms with van der Waals surface area (Å²) in [4.78, 5) is 0. The van der Waals surface area contributed by atoms with Gasteiger partial charge in [-0.2, -0.15) is 6.07 Å². The summed E-state index contributed by atoms with van der Waals surface area (Å²) in [5.74, 6) is 0. The zero-order valence-electron chi connectivity index (χ0n) is 7.99. The minimum atomic E-state index is 0. The zero-order valence-corrected chi connectivity index (χ0v) is 15.1. The number of benzene rings is 1. The van der Waals surface area contributed by atoms with Crippen molar-refractivity contribution in [1.82, 2.24) is 0 Å². The van der Waals surface area contributed by atoms with Crippen molar-refractivity contribution >= 4 is 58.7 Å². The summed E-state index contributed by atoms with van der Waals surface area (Å²) in [5, 5.41) is 2.78. The van der Waals surface area contributed by atoms with Crippen molar-refractivity contribution in [3.05, 3.63) is 42.0 Å². The minimum Gasteiger partial charge on any atom is -0.168 e. The SMILES string of the molecule is CC[c-]1ccc2ccccc21.I.I.[Zr]. The van der Waals surface area contributed by atoms with Gasteiger partial charge in [-0.3, -0.25) is 0 Å². The number of aryl methyl sites for hydroxylation is 1. The van der Waals surface area contributed by atoms with Gasteiger partial charge < -0.3 is 0 Å². The Morgan fingerprint density at radius 1 is 1.07 bits per heavy atom. The van der Waals surface area contributed by atoms with Crippen molar-refractivity contribution < 1.29 is 26.2 Å². The number of halogens is 2. The molecule has 76 valence electrons. The molecule has 0 amide bonds. The molecule has 0 aliphatic heterocycles. The van der Waals surface area contributed by atoms with Crippen LogP contribution < -0.4 is 0 Å². The van der Waals surface area contributed by atoms with Crippen LogP contribution in [0.3, 0.4) is 0 Å². The third-order valence-corrected chi connectivity index (χ3v) is 2.15. The topological polar surface area (TPSA) is 0 Å². The Morgan fingerprint density at radius 3 is 2.36 bits per heavy atom. The van der Waals surface area contributed by atoms with Gasteiger partial charge in [0.2, 0.25) is 0 Å². The van der Waals surface area contributed by atoms with Gasteiger partial charge in [0, 0.05) is 26.2 Å². The molecular formula is C11H13I2Zr-. The maximum Gasteiger partial charge on any atom is 0 e. The smallest absolute Gasteiger partial charge is 0 e. The molecule has 0 aliphatic carbocycles. The molecule has 2 aromatic rings. The predicted octanol–water partition coefficient (Wildman–Crippen LogP) is 4.35. The summed E-state index contributed by atoms with van der Waals surface area (Å²) in [6, 6.07) is 12.9. The molecule has 3 heteroatoms. The second kappa shape index (κ2) is 8.34. The average Bonchev–Trinajstić information content (AvgIpc) is 2.47. The van der Waals surface area contributed by atoms with E-state index in [2.05, 4.69) is 43.3 Å².